The second kappa shape index (κ2) is 108. The van der Waals surface area contributed by atoms with Crippen LogP contribution >= 0.6 is 0 Å². The maximum absolute atomic E-state index is 7.13. The molecule has 55 valence electrons. The molecule has 0 saturated carbocycles. The van der Waals surface area contributed by atoms with Gasteiger partial charge in [0.25, 0.3) is 0 Å². The molecule has 0 rings (SSSR count). The van der Waals surface area contributed by atoms with Crippen LogP contribution in [0.15, 0.2) is 0 Å². The van der Waals surface area contributed by atoms with Crippen molar-refractivity contribution in [2.45, 2.75) is 0 Å². The summed E-state index contributed by atoms with van der Waals surface area (Å²) in [5.74, 6) is 0. The van der Waals surface area contributed by atoms with Gasteiger partial charge in [-0.1, -0.05) is 10.8 Å². The van der Waals surface area contributed by atoms with E-state index in [2.05, 4.69) is 25.3 Å². The molecule has 4 nitrogen and oxygen atoms in total. The molecular weight excluding hydrogens is 203 g/mol. The Morgan fingerprint density at radius 3 is 0.889 bits per heavy atom. The molecule has 7 heteroatoms. The minimum absolute atomic E-state index is 0. The number of thiocyanates is 2. The molecule has 0 aromatic carbocycles. The van der Waals surface area contributed by atoms with Gasteiger partial charge in [0.1, 0.15) is 0 Å². The number of hydrogen-bond acceptors (Lipinski definition) is 4. The number of nitriles is 2. The van der Waals surface area contributed by atoms with Crippen molar-refractivity contribution in [2.24, 2.45) is 0 Å². The fourth-order valence-electron chi connectivity index (χ4n) is 0. The molecule has 0 heterocycles. The molecule has 1 radical (unpaired) electrons. The van der Waals surface area contributed by atoms with E-state index in [0.717, 1.165) is 0 Å². The maximum atomic E-state index is 7.13. The third-order valence-electron chi connectivity index (χ3n) is 0. The second-order valence-electron chi connectivity index (χ2n) is 0.183. The summed E-state index contributed by atoms with van der Waals surface area (Å²) in [6.07, 6.45) is 0. The fourth-order valence-corrected chi connectivity index (χ4v) is 0. The molecule has 4 N–H and O–H groups in total. The molecule has 0 fully saturated rings. The predicted molar refractivity (Wildman–Crippen MR) is 36.5 cm³/mol. The summed E-state index contributed by atoms with van der Waals surface area (Å²) in [6.45, 7) is 0. The molecule has 0 aliphatic carbocycles. The second-order valence-corrected chi connectivity index (χ2v) is 0.548. The standard InChI is InChI=1S/2CHNS.Co.2H2N/c2*2-1-3;;;/h2*3H;;2*1H2/q;;+2;2*-1/p-2. The summed E-state index contributed by atoms with van der Waals surface area (Å²) in [7, 11) is 0. The topological polar surface area (TPSA) is 115 Å². The number of nitrogens with two attached hydrogens (primary N) is 2. The van der Waals surface area contributed by atoms with E-state index in [4.69, 9.17) is 10.5 Å². The molecule has 0 aromatic rings. The van der Waals surface area contributed by atoms with Crippen LogP contribution in [0.3, 0.4) is 0 Å². The summed E-state index contributed by atoms with van der Waals surface area (Å²) >= 11 is 7.40. The molecule has 0 amide bonds. The third-order valence-corrected chi connectivity index (χ3v) is 0. The SMILES string of the molecule is N#C[S-].N#C[S-].[Co+2].[NH2-].[NH2-]. The Morgan fingerprint density at radius 2 is 0.889 bits per heavy atom. The van der Waals surface area contributed by atoms with E-state index in [1.807, 2.05) is 0 Å². The van der Waals surface area contributed by atoms with Crippen molar-refractivity contribution in [3.8, 4) is 10.8 Å². The molecule has 0 aromatic heterocycles. The molecule has 0 saturated heterocycles. The van der Waals surface area contributed by atoms with Crippen LogP contribution in [-0.2, 0) is 42.0 Å². The smallest absolute Gasteiger partial charge is 0.696 e. The summed E-state index contributed by atoms with van der Waals surface area (Å²) < 4.78 is 0. The van der Waals surface area contributed by atoms with Crippen molar-refractivity contribution < 1.29 is 16.8 Å². The Balaban J connectivity index is -0.00000000889. The van der Waals surface area contributed by atoms with E-state index in [1.54, 1.807) is 0 Å². The maximum Gasteiger partial charge on any atom is 2.00 e. The Labute approximate surface area is 75.8 Å². The van der Waals surface area contributed by atoms with Crippen LogP contribution in [0.1, 0.15) is 0 Å². The van der Waals surface area contributed by atoms with Crippen molar-refractivity contribution in [3.05, 3.63) is 12.3 Å². The molecular formula is C2H4CoN4S2-2. The van der Waals surface area contributed by atoms with Crippen LogP contribution in [0, 0.1) is 21.3 Å². The summed E-state index contributed by atoms with van der Waals surface area (Å²) in [5, 5.41) is 16.9. The van der Waals surface area contributed by atoms with E-state index in [0.29, 0.717) is 0 Å². The van der Waals surface area contributed by atoms with Gasteiger partial charge in [0, 0.05) is 0 Å². The van der Waals surface area contributed by atoms with Gasteiger partial charge < -0.3 is 37.6 Å². The van der Waals surface area contributed by atoms with Crippen molar-refractivity contribution in [1.29, 1.82) is 10.5 Å². The van der Waals surface area contributed by atoms with Gasteiger partial charge in [0.2, 0.25) is 0 Å². The van der Waals surface area contributed by atoms with Gasteiger partial charge in [-0.05, 0) is 0 Å². The Hall–Kier alpha value is -0.154. The zero-order valence-electron chi connectivity index (χ0n) is 4.20. The minimum atomic E-state index is 0. The van der Waals surface area contributed by atoms with Crippen LogP contribution in [0.4, 0.5) is 0 Å². The fraction of sp³-hybridized carbons (Fsp3) is 0. The van der Waals surface area contributed by atoms with E-state index in [9.17, 15) is 0 Å². The molecule has 0 bridgehead atoms. The van der Waals surface area contributed by atoms with Crippen molar-refractivity contribution >= 4 is 25.3 Å². The van der Waals surface area contributed by atoms with Gasteiger partial charge in [-0.25, -0.2) is 10.5 Å². The first kappa shape index (κ1) is 36.8. The first-order chi connectivity index (χ1) is 2.83. The average Bonchev–Trinajstić information content (AvgIpc) is 1.39. The van der Waals surface area contributed by atoms with Crippen LogP contribution < -0.4 is 0 Å². The van der Waals surface area contributed by atoms with Crippen LogP contribution in [0.2, 0.25) is 0 Å². The van der Waals surface area contributed by atoms with E-state index >= 15 is 0 Å². The quantitative estimate of drug-likeness (QED) is 0.441. The summed E-state index contributed by atoms with van der Waals surface area (Å²) in [4.78, 5) is 0. The minimum Gasteiger partial charge on any atom is -0.696 e. The average molecular weight is 207 g/mol. The number of rotatable bonds is 0. The van der Waals surface area contributed by atoms with Gasteiger partial charge >= 0.3 is 16.8 Å². The molecule has 9 heavy (non-hydrogen) atoms. The summed E-state index contributed by atoms with van der Waals surface area (Å²) in [6, 6.07) is 0. The van der Waals surface area contributed by atoms with E-state index in [-0.39, 0.29) is 29.1 Å². The first-order valence-corrected chi connectivity index (χ1v) is 1.67. The van der Waals surface area contributed by atoms with Crippen molar-refractivity contribution in [1.82, 2.24) is 0 Å². The van der Waals surface area contributed by atoms with Crippen molar-refractivity contribution in [2.75, 3.05) is 0 Å². The Morgan fingerprint density at radius 1 is 0.889 bits per heavy atom. The monoisotopic (exact) mass is 207 g/mol. The van der Waals surface area contributed by atoms with Gasteiger partial charge in [0.05, 0.1) is 0 Å². The molecule has 0 aliphatic rings. The third kappa shape index (κ3) is 11400. The number of hydrogen-bond donors (Lipinski definition) is 0. The zero-order valence-corrected chi connectivity index (χ0v) is 6.87. The molecule has 0 atom stereocenters. The van der Waals surface area contributed by atoms with Crippen molar-refractivity contribution in [3.63, 3.8) is 0 Å². The van der Waals surface area contributed by atoms with Crippen LogP contribution in [0.5, 0.6) is 0 Å². The van der Waals surface area contributed by atoms with Gasteiger partial charge in [-0.15, -0.1) is 0 Å². The largest absolute Gasteiger partial charge is 2.00 e. The van der Waals surface area contributed by atoms with Gasteiger partial charge in [0.15, 0.2) is 0 Å². The van der Waals surface area contributed by atoms with Crippen LogP contribution in [0.25, 0.3) is 12.3 Å². The molecule has 0 aliphatic heterocycles. The van der Waals surface area contributed by atoms with E-state index < -0.39 is 0 Å². The Bertz CT molecular complexity index is 71.5. The predicted octanol–water partition coefficient (Wildman–Crippen LogP) is 1.46. The van der Waals surface area contributed by atoms with Gasteiger partial charge in [-0.3, -0.25) is 0 Å². The van der Waals surface area contributed by atoms with Crippen LogP contribution in [-0.4, -0.2) is 0 Å². The molecule has 0 spiro atoms. The first-order valence-electron chi connectivity index (χ1n) is 0.855. The van der Waals surface area contributed by atoms with E-state index in [1.165, 1.54) is 10.8 Å². The normalized spacial score (nSPS) is 1.56. The number of nitrogens with zero attached hydrogens (tertiary/aromatic N) is 2. The Kier molecular flexibility index (Phi) is 441. The molecule has 0 unspecified atom stereocenters. The van der Waals surface area contributed by atoms with Gasteiger partial charge in [-0.2, -0.15) is 0 Å². The zero-order chi connectivity index (χ0) is 5.41. The summed E-state index contributed by atoms with van der Waals surface area (Å²) in [5.41, 5.74) is 0.